The lowest BCUT2D eigenvalue weighted by atomic mass is 10.1. The van der Waals surface area contributed by atoms with E-state index in [0.717, 1.165) is 16.5 Å². The summed E-state index contributed by atoms with van der Waals surface area (Å²) in [6.07, 6.45) is 1.82. The molecule has 2 rings (SSSR count). The minimum Gasteiger partial charge on any atom is -0.351 e. The van der Waals surface area contributed by atoms with Gasteiger partial charge in [-0.2, -0.15) is 5.10 Å². The molecule has 1 heterocycles. The van der Waals surface area contributed by atoms with E-state index in [1.54, 1.807) is 0 Å². The van der Waals surface area contributed by atoms with E-state index >= 15 is 0 Å². The summed E-state index contributed by atoms with van der Waals surface area (Å²) in [6, 6.07) is 5.97. The second kappa shape index (κ2) is 4.53. The predicted octanol–water partition coefficient (Wildman–Crippen LogP) is 1.43. The van der Waals surface area contributed by atoms with Gasteiger partial charge in [0.15, 0.2) is 0 Å². The SMILES string of the molecule is Cn1ncc2ccc(CNC(=O)CCl)cc21. The normalized spacial score (nSPS) is 10.6. The lowest BCUT2D eigenvalue weighted by Crippen LogP contribution is -2.23. The molecule has 0 saturated heterocycles. The van der Waals surface area contributed by atoms with Crippen LogP contribution in [0.1, 0.15) is 5.56 Å². The van der Waals surface area contributed by atoms with Gasteiger partial charge in [0.2, 0.25) is 5.91 Å². The van der Waals surface area contributed by atoms with E-state index in [4.69, 9.17) is 11.6 Å². The molecule has 1 N–H and O–H groups in total. The first-order valence-electron chi connectivity index (χ1n) is 4.94. The Morgan fingerprint density at radius 3 is 3.12 bits per heavy atom. The van der Waals surface area contributed by atoms with Crippen LogP contribution in [0.25, 0.3) is 10.9 Å². The zero-order chi connectivity index (χ0) is 11.5. The molecule has 0 fully saturated rings. The van der Waals surface area contributed by atoms with E-state index in [2.05, 4.69) is 10.4 Å². The van der Waals surface area contributed by atoms with Crippen LogP contribution >= 0.6 is 11.6 Å². The molecule has 0 radical (unpaired) electrons. The number of fused-ring (bicyclic) bond motifs is 1. The summed E-state index contributed by atoms with van der Waals surface area (Å²) in [5.74, 6) is -0.166. The maximum Gasteiger partial charge on any atom is 0.235 e. The number of rotatable bonds is 3. The molecule has 0 aliphatic heterocycles. The summed E-state index contributed by atoms with van der Waals surface area (Å²) < 4.78 is 1.81. The van der Waals surface area contributed by atoms with Crippen LogP contribution in [0.2, 0.25) is 0 Å². The summed E-state index contributed by atoms with van der Waals surface area (Å²) in [6.45, 7) is 0.493. The van der Waals surface area contributed by atoms with E-state index in [1.807, 2.05) is 36.1 Å². The molecule has 0 atom stereocenters. The first kappa shape index (κ1) is 11.0. The van der Waals surface area contributed by atoms with E-state index in [1.165, 1.54) is 0 Å². The van der Waals surface area contributed by atoms with Gasteiger partial charge in [0.25, 0.3) is 0 Å². The van der Waals surface area contributed by atoms with Gasteiger partial charge in [-0.05, 0) is 11.6 Å². The van der Waals surface area contributed by atoms with Crippen molar-refractivity contribution in [1.82, 2.24) is 15.1 Å². The molecule has 0 spiro atoms. The van der Waals surface area contributed by atoms with Gasteiger partial charge in [0.05, 0.1) is 11.7 Å². The van der Waals surface area contributed by atoms with Crippen molar-refractivity contribution in [3.63, 3.8) is 0 Å². The van der Waals surface area contributed by atoms with Crippen LogP contribution in [0, 0.1) is 0 Å². The average molecular weight is 238 g/mol. The van der Waals surface area contributed by atoms with Crippen LogP contribution < -0.4 is 5.32 Å². The summed E-state index contributed by atoms with van der Waals surface area (Å²) in [5, 5.41) is 7.97. The minimum atomic E-state index is -0.160. The molecular formula is C11H12ClN3O. The number of hydrogen-bond donors (Lipinski definition) is 1. The number of carbonyl (C=O) groups is 1. The number of nitrogens with zero attached hydrogens (tertiary/aromatic N) is 2. The van der Waals surface area contributed by atoms with Gasteiger partial charge >= 0.3 is 0 Å². The number of carbonyl (C=O) groups excluding carboxylic acids is 1. The molecule has 84 valence electrons. The summed E-state index contributed by atoms with van der Waals surface area (Å²) in [5.41, 5.74) is 2.09. The highest BCUT2D eigenvalue weighted by Crippen LogP contribution is 2.14. The number of hydrogen-bond acceptors (Lipinski definition) is 2. The highest BCUT2D eigenvalue weighted by molar-refractivity contribution is 6.27. The molecule has 1 aromatic heterocycles. The second-order valence-corrected chi connectivity index (χ2v) is 3.84. The Kier molecular flexibility index (Phi) is 3.10. The van der Waals surface area contributed by atoms with Crippen molar-refractivity contribution in [2.75, 3.05) is 5.88 Å². The molecule has 0 saturated carbocycles. The maximum absolute atomic E-state index is 11.0. The lowest BCUT2D eigenvalue weighted by molar-refractivity contribution is -0.118. The zero-order valence-electron chi connectivity index (χ0n) is 8.90. The Labute approximate surface area is 98.2 Å². The van der Waals surface area contributed by atoms with Crippen molar-refractivity contribution in [2.24, 2.45) is 7.05 Å². The fraction of sp³-hybridized carbons (Fsp3) is 0.273. The van der Waals surface area contributed by atoms with Crippen molar-refractivity contribution >= 4 is 28.4 Å². The van der Waals surface area contributed by atoms with Crippen molar-refractivity contribution in [3.8, 4) is 0 Å². The molecule has 0 aliphatic rings. The predicted molar refractivity (Wildman–Crippen MR) is 63.3 cm³/mol. The molecule has 2 aromatic rings. The van der Waals surface area contributed by atoms with Gasteiger partial charge in [-0.3, -0.25) is 9.48 Å². The monoisotopic (exact) mass is 237 g/mol. The fourth-order valence-electron chi connectivity index (χ4n) is 1.55. The Bertz CT molecular complexity index is 521. The molecule has 0 bridgehead atoms. The Morgan fingerprint density at radius 1 is 1.56 bits per heavy atom. The van der Waals surface area contributed by atoms with Crippen LogP contribution in [0.5, 0.6) is 0 Å². The van der Waals surface area contributed by atoms with Crippen LogP contribution in [0.4, 0.5) is 0 Å². The van der Waals surface area contributed by atoms with E-state index in [0.29, 0.717) is 6.54 Å². The number of alkyl halides is 1. The highest BCUT2D eigenvalue weighted by atomic mass is 35.5. The minimum absolute atomic E-state index is 0.00600. The van der Waals surface area contributed by atoms with Crippen molar-refractivity contribution in [2.45, 2.75) is 6.54 Å². The number of benzene rings is 1. The van der Waals surface area contributed by atoms with Crippen LogP contribution in [-0.4, -0.2) is 21.6 Å². The first-order valence-corrected chi connectivity index (χ1v) is 5.47. The smallest absolute Gasteiger partial charge is 0.235 e. The van der Waals surface area contributed by atoms with Crippen molar-refractivity contribution < 1.29 is 4.79 Å². The maximum atomic E-state index is 11.0. The van der Waals surface area contributed by atoms with Crippen LogP contribution in [0.3, 0.4) is 0 Å². The standard InChI is InChI=1S/C11H12ClN3O/c1-15-10-4-8(6-13-11(16)5-12)2-3-9(10)7-14-15/h2-4,7H,5-6H2,1H3,(H,13,16). The molecular weight excluding hydrogens is 226 g/mol. The van der Waals surface area contributed by atoms with Gasteiger partial charge in [0.1, 0.15) is 5.88 Å². The quantitative estimate of drug-likeness (QED) is 0.821. The Morgan fingerprint density at radius 2 is 2.38 bits per heavy atom. The third-order valence-corrected chi connectivity index (χ3v) is 2.67. The summed E-state index contributed by atoms with van der Waals surface area (Å²) in [4.78, 5) is 11.0. The lowest BCUT2D eigenvalue weighted by Gasteiger charge is -2.03. The average Bonchev–Trinajstić information content (AvgIpc) is 2.68. The Balaban J connectivity index is 2.19. The van der Waals surface area contributed by atoms with Crippen LogP contribution in [-0.2, 0) is 18.4 Å². The Hall–Kier alpha value is -1.55. The largest absolute Gasteiger partial charge is 0.351 e. The van der Waals surface area contributed by atoms with Crippen molar-refractivity contribution in [3.05, 3.63) is 30.0 Å². The third kappa shape index (κ3) is 2.17. The van der Waals surface area contributed by atoms with Gasteiger partial charge in [-0.15, -0.1) is 11.6 Å². The molecule has 0 unspecified atom stereocenters. The molecule has 4 nitrogen and oxygen atoms in total. The third-order valence-electron chi connectivity index (χ3n) is 2.42. The van der Waals surface area contributed by atoms with E-state index in [-0.39, 0.29) is 11.8 Å². The van der Waals surface area contributed by atoms with Gasteiger partial charge in [0, 0.05) is 19.0 Å². The number of nitrogens with one attached hydrogen (secondary N) is 1. The van der Waals surface area contributed by atoms with Gasteiger partial charge in [-0.1, -0.05) is 12.1 Å². The van der Waals surface area contributed by atoms with Gasteiger partial charge < -0.3 is 5.32 Å². The highest BCUT2D eigenvalue weighted by Gasteiger charge is 2.02. The first-order chi connectivity index (χ1) is 7.70. The summed E-state index contributed by atoms with van der Waals surface area (Å²) >= 11 is 5.39. The molecule has 0 aliphatic carbocycles. The molecule has 5 heteroatoms. The summed E-state index contributed by atoms with van der Waals surface area (Å²) in [7, 11) is 1.89. The van der Waals surface area contributed by atoms with E-state index < -0.39 is 0 Å². The van der Waals surface area contributed by atoms with Crippen molar-refractivity contribution in [1.29, 1.82) is 0 Å². The number of halogens is 1. The molecule has 1 aromatic carbocycles. The number of aromatic nitrogens is 2. The fourth-order valence-corrected chi connectivity index (χ4v) is 1.64. The zero-order valence-corrected chi connectivity index (χ0v) is 9.66. The van der Waals surface area contributed by atoms with E-state index in [9.17, 15) is 4.79 Å². The molecule has 16 heavy (non-hydrogen) atoms. The molecule has 1 amide bonds. The number of aryl methyl sites for hydroxylation is 1. The number of amides is 1. The van der Waals surface area contributed by atoms with Crippen LogP contribution in [0.15, 0.2) is 24.4 Å². The topological polar surface area (TPSA) is 46.9 Å². The second-order valence-electron chi connectivity index (χ2n) is 3.57. The van der Waals surface area contributed by atoms with Gasteiger partial charge in [-0.25, -0.2) is 0 Å².